The number of anilines is 1. The molecule has 0 radical (unpaired) electrons. The van der Waals surface area contributed by atoms with Gasteiger partial charge in [-0.25, -0.2) is 14.8 Å². The Morgan fingerprint density at radius 1 is 1.75 bits per heavy atom. The Kier molecular flexibility index (Phi) is 2.57. The van der Waals surface area contributed by atoms with Crippen molar-refractivity contribution >= 4 is 11.8 Å². The number of nitrogens with zero attached hydrogens (tertiary/aromatic N) is 2. The van der Waals surface area contributed by atoms with Crippen molar-refractivity contribution in [3.8, 4) is 0 Å². The van der Waals surface area contributed by atoms with Crippen LogP contribution in [0.5, 0.6) is 0 Å². The summed E-state index contributed by atoms with van der Waals surface area (Å²) in [5.74, 6) is -0.348. The molecule has 0 bridgehead atoms. The van der Waals surface area contributed by atoms with Crippen LogP contribution in [0, 0.1) is 0 Å². The number of hydrogen-bond donors (Lipinski definition) is 1. The molecular weight excluding hydrogens is 158 g/mol. The molecule has 1 heterocycles. The van der Waals surface area contributed by atoms with Gasteiger partial charge in [-0.1, -0.05) is 0 Å². The normalized spacial score (nSPS) is 9.42. The monoisotopic (exact) mass is 167 g/mol. The molecule has 12 heavy (non-hydrogen) atoms. The fraction of sp³-hybridized carbons (Fsp3) is 0.286. The van der Waals surface area contributed by atoms with Crippen molar-refractivity contribution in [1.82, 2.24) is 9.97 Å². The molecule has 0 atom stereocenters. The molecule has 0 aliphatic heterocycles. The van der Waals surface area contributed by atoms with Crippen LogP contribution in [-0.4, -0.2) is 22.5 Å². The van der Waals surface area contributed by atoms with E-state index in [0.717, 1.165) is 0 Å². The molecule has 1 rings (SSSR count). The van der Waals surface area contributed by atoms with Crippen LogP contribution < -0.4 is 5.73 Å². The van der Waals surface area contributed by atoms with Gasteiger partial charge in [0.1, 0.15) is 17.7 Å². The van der Waals surface area contributed by atoms with Gasteiger partial charge in [-0.2, -0.15) is 0 Å². The highest BCUT2D eigenvalue weighted by atomic mass is 16.5. The predicted octanol–water partition coefficient (Wildman–Crippen LogP) is 0.235. The fourth-order valence-electron chi connectivity index (χ4n) is 0.705. The smallest absolute Gasteiger partial charge is 0.343 e. The fourth-order valence-corrected chi connectivity index (χ4v) is 0.705. The van der Waals surface area contributed by atoms with E-state index >= 15 is 0 Å². The van der Waals surface area contributed by atoms with Crippen LogP contribution in [0.1, 0.15) is 17.3 Å². The summed E-state index contributed by atoms with van der Waals surface area (Å²) in [6, 6.07) is 0. The quantitative estimate of drug-likeness (QED) is 0.638. The lowest BCUT2D eigenvalue weighted by Gasteiger charge is -2.01. The number of nitrogen functional groups attached to an aromatic ring is 1. The van der Waals surface area contributed by atoms with E-state index in [9.17, 15) is 4.79 Å². The van der Waals surface area contributed by atoms with Gasteiger partial charge in [-0.3, -0.25) is 0 Å². The first-order valence-corrected chi connectivity index (χ1v) is 3.48. The minimum absolute atomic E-state index is 0.142. The van der Waals surface area contributed by atoms with Crippen molar-refractivity contribution in [2.75, 3.05) is 12.3 Å². The number of esters is 1. The minimum Gasteiger partial charge on any atom is -0.462 e. The Bertz CT molecular complexity index is 288. The summed E-state index contributed by atoms with van der Waals surface area (Å²) < 4.78 is 4.71. The lowest BCUT2D eigenvalue weighted by atomic mass is 10.3. The van der Waals surface area contributed by atoms with Crippen LogP contribution >= 0.6 is 0 Å². The third-order valence-corrected chi connectivity index (χ3v) is 1.24. The molecule has 0 unspecified atom stereocenters. The third-order valence-electron chi connectivity index (χ3n) is 1.24. The van der Waals surface area contributed by atoms with E-state index in [-0.39, 0.29) is 11.4 Å². The Morgan fingerprint density at radius 2 is 2.50 bits per heavy atom. The number of carbonyl (C=O) groups excluding carboxylic acids is 1. The van der Waals surface area contributed by atoms with Gasteiger partial charge >= 0.3 is 5.97 Å². The minimum atomic E-state index is -0.490. The average Bonchev–Trinajstić information content (AvgIpc) is 2.05. The van der Waals surface area contributed by atoms with Gasteiger partial charge in [0, 0.05) is 6.20 Å². The van der Waals surface area contributed by atoms with E-state index in [2.05, 4.69) is 9.97 Å². The molecule has 2 N–H and O–H groups in total. The van der Waals surface area contributed by atoms with E-state index in [1.807, 2.05) is 0 Å². The molecule has 0 amide bonds. The second-order valence-electron chi connectivity index (χ2n) is 2.04. The molecule has 0 aliphatic carbocycles. The first-order valence-electron chi connectivity index (χ1n) is 3.48. The van der Waals surface area contributed by atoms with Crippen molar-refractivity contribution in [3.05, 3.63) is 18.1 Å². The van der Waals surface area contributed by atoms with Gasteiger partial charge in [0.2, 0.25) is 0 Å². The number of carbonyl (C=O) groups is 1. The summed E-state index contributed by atoms with van der Waals surface area (Å²) in [5, 5.41) is 0. The molecule has 0 saturated carbocycles. The summed E-state index contributed by atoms with van der Waals surface area (Å²) in [7, 11) is 0. The molecule has 1 aromatic rings. The maximum absolute atomic E-state index is 11.1. The van der Waals surface area contributed by atoms with E-state index in [4.69, 9.17) is 10.5 Å². The Balaban J connectivity index is 2.87. The Morgan fingerprint density at radius 3 is 3.08 bits per heavy atom. The van der Waals surface area contributed by atoms with Crippen LogP contribution in [-0.2, 0) is 4.74 Å². The number of hydrogen-bond acceptors (Lipinski definition) is 5. The van der Waals surface area contributed by atoms with E-state index in [0.29, 0.717) is 6.61 Å². The molecule has 64 valence electrons. The van der Waals surface area contributed by atoms with Crippen LogP contribution in [0.25, 0.3) is 0 Å². The largest absolute Gasteiger partial charge is 0.462 e. The maximum Gasteiger partial charge on any atom is 0.343 e. The zero-order valence-corrected chi connectivity index (χ0v) is 6.65. The summed E-state index contributed by atoms with van der Waals surface area (Å²) in [6.07, 6.45) is 2.61. The highest BCUT2D eigenvalue weighted by molar-refractivity contribution is 5.93. The number of ether oxygens (including phenoxy) is 1. The van der Waals surface area contributed by atoms with Crippen molar-refractivity contribution < 1.29 is 9.53 Å². The topological polar surface area (TPSA) is 78.1 Å². The first-order chi connectivity index (χ1) is 5.75. The second kappa shape index (κ2) is 3.66. The summed E-state index contributed by atoms with van der Waals surface area (Å²) in [5.41, 5.74) is 5.61. The molecule has 0 aromatic carbocycles. The van der Waals surface area contributed by atoms with Crippen molar-refractivity contribution in [1.29, 1.82) is 0 Å². The zero-order valence-electron chi connectivity index (χ0n) is 6.65. The van der Waals surface area contributed by atoms with Crippen LogP contribution in [0.15, 0.2) is 12.5 Å². The van der Waals surface area contributed by atoms with E-state index < -0.39 is 5.97 Å². The number of aromatic nitrogens is 2. The third kappa shape index (κ3) is 1.69. The summed E-state index contributed by atoms with van der Waals surface area (Å²) in [4.78, 5) is 18.4. The molecule has 0 saturated heterocycles. The predicted molar refractivity (Wildman–Crippen MR) is 42.4 cm³/mol. The van der Waals surface area contributed by atoms with Crippen LogP contribution in [0.4, 0.5) is 5.82 Å². The molecule has 0 spiro atoms. The van der Waals surface area contributed by atoms with Crippen molar-refractivity contribution in [2.24, 2.45) is 0 Å². The molecule has 0 aliphatic rings. The van der Waals surface area contributed by atoms with Gasteiger partial charge in [0.05, 0.1) is 6.61 Å². The van der Waals surface area contributed by atoms with Gasteiger partial charge < -0.3 is 10.5 Å². The van der Waals surface area contributed by atoms with Crippen LogP contribution in [0.2, 0.25) is 0 Å². The molecule has 5 heteroatoms. The first kappa shape index (κ1) is 8.45. The SMILES string of the molecule is CCOC(=O)c1cncnc1N. The second-order valence-corrected chi connectivity index (χ2v) is 2.04. The van der Waals surface area contributed by atoms with E-state index in [1.54, 1.807) is 6.92 Å². The van der Waals surface area contributed by atoms with Crippen LogP contribution in [0.3, 0.4) is 0 Å². The van der Waals surface area contributed by atoms with Gasteiger partial charge in [-0.15, -0.1) is 0 Å². The highest BCUT2D eigenvalue weighted by Crippen LogP contribution is 2.06. The van der Waals surface area contributed by atoms with E-state index in [1.165, 1.54) is 12.5 Å². The average molecular weight is 167 g/mol. The van der Waals surface area contributed by atoms with Gasteiger partial charge in [-0.05, 0) is 6.92 Å². The standard InChI is InChI=1S/C7H9N3O2/c1-2-12-7(11)5-3-9-4-10-6(5)8/h3-4H,2H2,1H3,(H2,8,9,10). The van der Waals surface area contributed by atoms with Crippen molar-refractivity contribution in [3.63, 3.8) is 0 Å². The molecule has 0 fully saturated rings. The summed E-state index contributed by atoms with van der Waals surface area (Å²) in [6.45, 7) is 2.03. The Hall–Kier alpha value is -1.65. The summed E-state index contributed by atoms with van der Waals surface area (Å²) >= 11 is 0. The Labute approximate surface area is 69.6 Å². The number of nitrogens with two attached hydrogens (primary N) is 1. The van der Waals surface area contributed by atoms with Gasteiger partial charge in [0.25, 0.3) is 0 Å². The maximum atomic E-state index is 11.1. The number of rotatable bonds is 2. The highest BCUT2D eigenvalue weighted by Gasteiger charge is 2.10. The molecule has 1 aromatic heterocycles. The zero-order chi connectivity index (χ0) is 8.97. The lowest BCUT2D eigenvalue weighted by Crippen LogP contribution is -2.09. The molecular formula is C7H9N3O2. The molecule has 5 nitrogen and oxygen atoms in total. The lowest BCUT2D eigenvalue weighted by molar-refractivity contribution is 0.0526. The van der Waals surface area contributed by atoms with Crippen molar-refractivity contribution in [2.45, 2.75) is 6.92 Å². The van der Waals surface area contributed by atoms with Gasteiger partial charge in [0.15, 0.2) is 0 Å².